The summed E-state index contributed by atoms with van der Waals surface area (Å²) >= 11 is 0. The van der Waals surface area contributed by atoms with Gasteiger partial charge in [0, 0.05) is 12.1 Å². The fourth-order valence-corrected chi connectivity index (χ4v) is 3.13. The van der Waals surface area contributed by atoms with Crippen molar-refractivity contribution >= 4 is 10.0 Å². The molecule has 3 rings (SSSR count). The van der Waals surface area contributed by atoms with Crippen molar-refractivity contribution < 1.29 is 22.3 Å². The van der Waals surface area contributed by atoms with Crippen molar-refractivity contribution in [3.8, 4) is 11.5 Å². The molecule has 1 aliphatic rings. The molecule has 0 fully saturated rings. The third-order valence-corrected chi connectivity index (χ3v) is 4.49. The molecule has 0 bridgehead atoms. The average Bonchev–Trinajstić information content (AvgIpc) is 2.94. The van der Waals surface area contributed by atoms with E-state index in [0.717, 1.165) is 6.07 Å². The summed E-state index contributed by atoms with van der Waals surface area (Å²) in [5, 5.41) is 0. The lowest BCUT2D eigenvalue weighted by Gasteiger charge is -2.09. The summed E-state index contributed by atoms with van der Waals surface area (Å²) in [6.07, 6.45) is 0. The van der Waals surface area contributed by atoms with Crippen molar-refractivity contribution in [2.24, 2.45) is 0 Å². The molecular weight excluding hydrogens is 297 g/mol. The summed E-state index contributed by atoms with van der Waals surface area (Å²) < 4.78 is 50.6. The van der Waals surface area contributed by atoms with E-state index in [1.54, 1.807) is 18.2 Å². The predicted molar refractivity (Wildman–Crippen MR) is 73.0 cm³/mol. The van der Waals surface area contributed by atoms with E-state index in [-0.39, 0.29) is 18.2 Å². The Labute approximate surface area is 121 Å². The molecule has 0 aliphatic carbocycles. The molecule has 0 radical (unpaired) electrons. The molecule has 0 aromatic heterocycles. The first-order chi connectivity index (χ1) is 10.1. The van der Waals surface area contributed by atoms with E-state index in [2.05, 4.69) is 4.72 Å². The molecule has 0 saturated heterocycles. The van der Waals surface area contributed by atoms with Crippen LogP contribution in [0.5, 0.6) is 11.5 Å². The Hall–Kier alpha value is -2.12. The molecule has 0 amide bonds. The standard InChI is InChI=1S/C14H12FNO4S/c15-11-5-1-2-7-13(11)21(17,18)16-8-10-4-3-6-12-14(10)20-9-19-12/h1-7,16H,8-9H2. The lowest BCUT2D eigenvalue weighted by Crippen LogP contribution is -2.24. The zero-order valence-electron chi connectivity index (χ0n) is 10.9. The molecule has 0 saturated carbocycles. The van der Waals surface area contributed by atoms with Gasteiger partial charge < -0.3 is 9.47 Å². The van der Waals surface area contributed by atoms with Gasteiger partial charge in [0.15, 0.2) is 11.5 Å². The lowest BCUT2D eigenvalue weighted by molar-refractivity contribution is 0.173. The van der Waals surface area contributed by atoms with E-state index in [0.29, 0.717) is 17.1 Å². The summed E-state index contributed by atoms with van der Waals surface area (Å²) in [5.74, 6) is 0.286. The van der Waals surface area contributed by atoms with Gasteiger partial charge in [0.2, 0.25) is 16.8 Å². The number of hydrogen-bond donors (Lipinski definition) is 1. The second kappa shape index (κ2) is 5.34. The number of sulfonamides is 1. The Morgan fingerprint density at radius 1 is 1.10 bits per heavy atom. The number of ether oxygens (including phenoxy) is 2. The van der Waals surface area contributed by atoms with E-state index < -0.39 is 15.8 Å². The Kier molecular flexibility index (Phi) is 3.52. The number of halogens is 1. The van der Waals surface area contributed by atoms with Crippen LogP contribution in [0.2, 0.25) is 0 Å². The van der Waals surface area contributed by atoms with E-state index >= 15 is 0 Å². The van der Waals surface area contributed by atoms with Crippen LogP contribution in [-0.4, -0.2) is 15.2 Å². The molecular formula is C14H12FNO4S. The second-order valence-corrected chi connectivity index (χ2v) is 6.14. The summed E-state index contributed by atoms with van der Waals surface area (Å²) in [6.45, 7) is 0.0929. The third kappa shape index (κ3) is 2.70. The summed E-state index contributed by atoms with van der Waals surface area (Å²) in [4.78, 5) is -0.380. The smallest absolute Gasteiger partial charge is 0.243 e. The maximum Gasteiger partial charge on any atom is 0.243 e. The first-order valence-corrected chi connectivity index (χ1v) is 7.68. The van der Waals surface area contributed by atoms with Crippen LogP contribution < -0.4 is 14.2 Å². The molecule has 2 aromatic carbocycles. The van der Waals surface area contributed by atoms with Crippen LogP contribution in [-0.2, 0) is 16.6 Å². The number of rotatable bonds is 4. The minimum absolute atomic E-state index is 0.0107. The normalized spacial score (nSPS) is 13.4. The van der Waals surface area contributed by atoms with Gasteiger partial charge in [-0.15, -0.1) is 0 Å². The highest BCUT2D eigenvalue weighted by atomic mass is 32.2. The Bertz CT molecular complexity index is 776. The van der Waals surface area contributed by atoms with Gasteiger partial charge in [-0.05, 0) is 18.2 Å². The van der Waals surface area contributed by atoms with Crippen LogP contribution in [0.15, 0.2) is 47.4 Å². The number of para-hydroxylation sites is 1. The first-order valence-electron chi connectivity index (χ1n) is 6.19. The fourth-order valence-electron chi connectivity index (χ4n) is 2.04. The van der Waals surface area contributed by atoms with Gasteiger partial charge in [-0.2, -0.15) is 0 Å². The molecule has 7 heteroatoms. The highest BCUT2D eigenvalue weighted by Crippen LogP contribution is 2.35. The fraction of sp³-hybridized carbons (Fsp3) is 0.143. The van der Waals surface area contributed by atoms with E-state index in [4.69, 9.17) is 9.47 Å². The monoisotopic (exact) mass is 309 g/mol. The number of fused-ring (bicyclic) bond motifs is 1. The van der Waals surface area contributed by atoms with Gasteiger partial charge in [0.25, 0.3) is 0 Å². The quantitative estimate of drug-likeness (QED) is 0.938. The molecule has 0 unspecified atom stereocenters. The van der Waals surface area contributed by atoms with Crippen molar-refractivity contribution in [2.45, 2.75) is 11.4 Å². The van der Waals surface area contributed by atoms with Crippen LogP contribution in [0.4, 0.5) is 4.39 Å². The highest BCUT2D eigenvalue weighted by molar-refractivity contribution is 7.89. The lowest BCUT2D eigenvalue weighted by atomic mass is 10.2. The zero-order chi connectivity index (χ0) is 14.9. The van der Waals surface area contributed by atoms with Crippen molar-refractivity contribution in [2.75, 3.05) is 6.79 Å². The molecule has 1 aliphatic heterocycles. The molecule has 0 atom stereocenters. The van der Waals surface area contributed by atoms with Crippen molar-refractivity contribution in [3.05, 3.63) is 53.8 Å². The molecule has 2 aromatic rings. The summed E-state index contributed by atoms with van der Waals surface area (Å²) in [5.41, 5.74) is 0.630. The minimum atomic E-state index is -3.93. The van der Waals surface area contributed by atoms with Crippen LogP contribution in [0.3, 0.4) is 0 Å². The topological polar surface area (TPSA) is 64.6 Å². The van der Waals surface area contributed by atoms with Crippen LogP contribution >= 0.6 is 0 Å². The van der Waals surface area contributed by atoms with Gasteiger partial charge in [-0.3, -0.25) is 0 Å². The van der Waals surface area contributed by atoms with Gasteiger partial charge >= 0.3 is 0 Å². The number of benzene rings is 2. The molecule has 110 valence electrons. The maximum absolute atomic E-state index is 13.6. The molecule has 1 heterocycles. The molecule has 5 nitrogen and oxygen atoms in total. The second-order valence-electron chi connectivity index (χ2n) is 4.41. The van der Waals surface area contributed by atoms with E-state index in [1.165, 1.54) is 18.2 Å². The first kappa shape index (κ1) is 13.8. The Morgan fingerprint density at radius 2 is 1.90 bits per heavy atom. The number of hydrogen-bond acceptors (Lipinski definition) is 4. The number of nitrogens with one attached hydrogen (secondary N) is 1. The van der Waals surface area contributed by atoms with Gasteiger partial charge in [-0.25, -0.2) is 17.5 Å². The van der Waals surface area contributed by atoms with Crippen molar-refractivity contribution in [1.29, 1.82) is 0 Å². The Morgan fingerprint density at radius 3 is 2.71 bits per heavy atom. The van der Waals surface area contributed by atoms with E-state index in [9.17, 15) is 12.8 Å². The Balaban J connectivity index is 1.82. The zero-order valence-corrected chi connectivity index (χ0v) is 11.7. The minimum Gasteiger partial charge on any atom is -0.454 e. The SMILES string of the molecule is O=S(=O)(NCc1cccc2c1OCO2)c1ccccc1F. The predicted octanol–water partition coefficient (Wildman–Crippen LogP) is 2.03. The largest absolute Gasteiger partial charge is 0.454 e. The van der Waals surface area contributed by atoms with Gasteiger partial charge in [-0.1, -0.05) is 24.3 Å². The van der Waals surface area contributed by atoms with Crippen LogP contribution in [0.25, 0.3) is 0 Å². The maximum atomic E-state index is 13.6. The van der Waals surface area contributed by atoms with Gasteiger partial charge in [0.05, 0.1) is 0 Å². The van der Waals surface area contributed by atoms with Crippen molar-refractivity contribution in [1.82, 2.24) is 4.72 Å². The molecule has 0 spiro atoms. The van der Waals surface area contributed by atoms with Crippen LogP contribution in [0.1, 0.15) is 5.56 Å². The summed E-state index contributed by atoms with van der Waals surface area (Å²) in [6, 6.07) is 10.4. The molecule has 21 heavy (non-hydrogen) atoms. The average molecular weight is 309 g/mol. The van der Waals surface area contributed by atoms with Gasteiger partial charge in [0.1, 0.15) is 10.7 Å². The van der Waals surface area contributed by atoms with E-state index in [1.807, 2.05) is 0 Å². The molecule has 1 N–H and O–H groups in total. The van der Waals surface area contributed by atoms with Crippen LogP contribution in [0, 0.1) is 5.82 Å². The third-order valence-electron chi connectivity index (χ3n) is 3.06. The highest BCUT2D eigenvalue weighted by Gasteiger charge is 2.21. The van der Waals surface area contributed by atoms with Crippen molar-refractivity contribution in [3.63, 3.8) is 0 Å². The summed E-state index contributed by atoms with van der Waals surface area (Å²) in [7, 11) is -3.93.